The Balaban J connectivity index is 2.78. The average Bonchev–Trinajstić information content (AvgIpc) is 2.27. The monoisotopic (exact) mass is 168 g/mol. The smallest absolute Gasteiger partial charge is 0.133 e. The molecule has 1 saturated carbocycles. The van der Waals surface area contributed by atoms with Crippen LogP contribution in [0.2, 0.25) is 0 Å². The van der Waals surface area contributed by atoms with Crippen molar-refractivity contribution in [3.05, 3.63) is 0 Å². The fraction of sp³-hybridized carbons (Fsp3) is 0.909. The minimum absolute atomic E-state index is 0.297. The zero-order valence-electron chi connectivity index (χ0n) is 8.68. The first-order chi connectivity index (χ1) is 5.49. The SMILES string of the molecule is CC[C@]1(C)CC(=O)C[C@H]1C(C)C. The molecule has 0 N–H and O–H groups in total. The lowest BCUT2D eigenvalue weighted by Crippen LogP contribution is -2.24. The molecule has 0 heterocycles. The molecule has 0 spiro atoms. The third-order valence-corrected chi connectivity index (χ3v) is 3.56. The van der Waals surface area contributed by atoms with Crippen LogP contribution in [0.5, 0.6) is 0 Å². The fourth-order valence-electron chi connectivity index (χ4n) is 2.57. The molecule has 0 unspecified atom stereocenters. The molecular formula is C11H20O. The molecule has 0 aromatic heterocycles. The molecule has 0 bridgehead atoms. The Kier molecular flexibility index (Phi) is 2.60. The van der Waals surface area contributed by atoms with E-state index >= 15 is 0 Å². The summed E-state index contributed by atoms with van der Waals surface area (Å²) in [4.78, 5) is 11.3. The Labute approximate surface area is 75.5 Å². The summed E-state index contributed by atoms with van der Waals surface area (Å²) in [5, 5.41) is 0. The second-order valence-electron chi connectivity index (χ2n) is 4.78. The van der Waals surface area contributed by atoms with Gasteiger partial charge in [0.15, 0.2) is 0 Å². The Morgan fingerprint density at radius 2 is 2.17 bits per heavy atom. The molecule has 0 aromatic carbocycles. The molecule has 70 valence electrons. The van der Waals surface area contributed by atoms with Crippen molar-refractivity contribution in [2.45, 2.75) is 47.0 Å². The molecule has 1 heteroatoms. The van der Waals surface area contributed by atoms with Gasteiger partial charge in [-0.25, -0.2) is 0 Å². The number of ketones is 1. The maximum Gasteiger partial charge on any atom is 0.133 e. The van der Waals surface area contributed by atoms with Crippen LogP contribution < -0.4 is 0 Å². The second kappa shape index (κ2) is 3.20. The second-order valence-corrected chi connectivity index (χ2v) is 4.78. The van der Waals surface area contributed by atoms with E-state index in [9.17, 15) is 4.79 Å². The molecule has 0 aliphatic heterocycles. The van der Waals surface area contributed by atoms with E-state index in [1.54, 1.807) is 0 Å². The van der Waals surface area contributed by atoms with Crippen molar-refractivity contribution in [3.63, 3.8) is 0 Å². The molecule has 0 radical (unpaired) electrons. The summed E-state index contributed by atoms with van der Waals surface area (Å²) in [6, 6.07) is 0. The van der Waals surface area contributed by atoms with Gasteiger partial charge in [-0.1, -0.05) is 34.1 Å². The van der Waals surface area contributed by atoms with Gasteiger partial charge >= 0.3 is 0 Å². The largest absolute Gasteiger partial charge is 0.300 e. The predicted molar refractivity (Wildman–Crippen MR) is 51.0 cm³/mol. The highest BCUT2D eigenvalue weighted by Gasteiger charge is 2.42. The van der Waals surface area contributed by atoms with Crippen molar-refractivity contribution in [1.29, 1.82) is 0 Å². The maximum atomic E-state index is 11.3. The van der Waals surface area contributed by atoms with Crippen molar-refractivity contribution in [1.82, 2.24) is 0 Å². The summed E-state index contributed by atoms with van der Waals surface area (Å²) in [7, 11) is 0. The van der Waals surface area contributed by atoms with Crippen molar-refractivity contribution < 1.29 is 4.79 Å². The van der Waals surface area contributed by atoms with Gasteiger partial charge in [0.2, 0.25) is 0 Å². The summed E-state index contributed by atoms with van der Waals surface area (Å²) in [5.41, 5.74) is 0.297. The number of hydrogen-bond donors (Lipinski definition) is 0. The molecule has 2 atom stereocenters. The van der Waals surface area contributed by atoms with Crippen molar-refractivity contribution >= 4 is 5.78 Å². The minimum atomic E-state index is 0.297. The van der Waals surface area contributed by atoms with Crippen LogP contribution in [0, 0.1) is 17.3 Å². The van der Waals surface area contributed by atoms with E-state index in [1.165, 1.54) is 0 Å². The standard InChI is InChI=1S/C11H20O/c1-5-11(4)7-9(12)6-10(11)8(2)3/h8,10H,5-7H2,1-4H3/t10-,11+/m0/s1. The maximum absolute atomic E-state index is 11.3. The van der Waals surface area contributed by atoms with Gasteiger partial charge in [-0.2, -0.15) is 0 Å². The highest BCUT2D eigenvalue weighted by molar-refractivity contribution is 5.82. The van der Waals surface area contributed by atoms with Gasteiger partial charge < -0.3 is 0 Å². The van der Waals surface area contributed by atoms with Gasteiger partial charge in [-0.15, -0.1) is 0 Å². The van der Waals surface area contributed by atoms with Gasteiger partial charge in [-0.3, -0.25) is 4.79 Å². The molecule has 1 fully saturated rings. The number of hydrogen-bond acceptors (Lipinski definition) is 1. The molecular weight excluding hydrogens is 148 g/mol. The third kappa shape index (κ3) is 1.55. The van der Waals surface area contributed by atoms with Crippen LogP contribution in [0.15, 0.2) is 0 Å². The Morgan fingerprint density at radius 1 is 1.58 bits per heavy atom. The van der Waals surface area contributed by atoms with Crippen LogP contribution in [-0.2, 0) is 4.79 Å². The lowest BCUT2D eigenvalue weighted by atomic mass is 9.72. The lowest BCUT2D eigenvalue weighted by Gasteiger charge is -2.32. The number of Topliss-reactive ketones (excluding diaryl/α,β-unsaturated/α-hetero) is 1. The average molecular weight is 168 g/mol. The molecule has 1 rings (SSSR count). The molecule has 1 aliphatic carbocycles. The van der Waals surface area contributed by atoms with Crippen LogP contribution in [-0.4, -0.2) is 5.78 Å². The molecule has 0 saturated heterocycles. The van der Waals surface area contributed by atoms with Crippen LogP contribution in [0.3, 0.4) is 0 Å². The summed E-state index contributed by atoms with van der Waals surface area (Å²) < 4.78 is 0. The number of carbonyl (C=O) groups excluding carboxylic acids is 1. The number of rotatable bonds is 2. The topological polar surface area (TPSA) is 17.1 Å². The molecule has 0 aromatic rings. The van der Waals surface area contributed by atoms with E-state index < -0.39 is 0 Å². The van der Waals surface area contributed by atoms with E-state index in [2.05, 4.69) is 27.7 Å². The highest BCUT2D eigenvalue weighted by atomic mass is 16.1. The van der Waals surface area contributed by atoms with Crippen LogP contribution in [0.25, 0.3) is 0 Å². The molecule has 1 nitrogen and oxygen atoms in total. The zero-order valence-corrected chi connectivity index (χ0v) is 8.68. The van der Waals surface area contributed by atoms with Crippen LogP contribution in [0.1, 0.15) is 47.0 Å². The first-order valence-electron chi connectivity index (χ1n) is 5.01. The molecule has 0 amide bonds. The lowest BCUT2D eigenvalue weighted by molar-refractivity contribution is -0.118. The van der Waals surface area contributed by atoms with Crippen molar-refractivity contribution in [3.8, 4) is 0 Å². The molecule has 12 heavy (non-hydrogen) atoms. The van der Waals surface area contributed by atoms with Crippen LogP contribution >= 0.6 is 0 Å². The van der Waals surface area contributed by atoms with Gasteiger partial charge in [0.25, 0.3) is 0 Å². The normalized spacial score (nSPS) is 36.4. The fourth-order valence-corrected chi connectivity index (χ4v) is 2.57. The van der Waals surface area contributed by atoms with E-state index in [-0.39, 0.29) is 0 Å². The van der Waals surface area contributed by atoms with Gasteiger partial charge in [0, 0.05) is 12.8 Å². The highest BCUT2D eigenvalue weighted by Crippen LogP contribution is 2.47. The van der Waals surface area contributed by atoms with Crippen molar-refractivity contribution in [2.24, 2.45) is 17.3 Å². The van der Waals surface area contributed by atoms with Crippen molar-refractivity contribution in [2.75, 3.05) is 0 Å². The minimum Gasteiger partial charge on any atom is -0.300 e. The van der Waals surface area contributed by atoms with Crippen LogP contribution in [0.4, 0.5) is 0 Å². The van der Waals surface area contributed by atoms with Gasteiger partial charge in [0.05, 0.1) is 0 Å². The molecule has 1 aliphatic rings. The summed E-state index contributed by atoms with van der Waals surface area (Å²) >= 11 is 0. The van der Waals surface area contributed by atoms with E-state index in [4.69, 9.17) is 0 Å². The Bertz CT molecular complexity index is 183. The summed E-state index contributed by atoms with van der Waals surface area (Å²) in [6.45, 7) is 8.94. The van der Waals surface area contributed by atoms with E-state index in [0.29, 0.717) is 23.0 Å². The predicted octanol–water partition coefficient (Wildman–Crippen LogP) is 3.04. The van der Waals surface area contributed by atoms with E-state index in [1.807, 2.05) is 0 Å². The Hall–Kier alpha value is -0.330. The van der Waals surface area contributed by atoms with Gasteiger partial charge in [0.1, 0.15) is 5.78 Å². The first-order valence-corrected chi connectivity index (χ1v) is 5.01. The quantitative estimate of drug-likeness (QED) is 0.619. The summed E-state index contributed by atoms with van der Waals surface area (Å²) in [5.74, 6) is 1.74. The third-order valence-electron chi connectivity index (χ3n) is 3.56. The zero-order chi connectivity index (χ0) is 9.35. The number of carbonyl (C=O) groups is 1. The van der Waals surface area contributed by atoms with E-state index in [0.717, 1.165) is 19.3 Å². The van der Waals surface area contributed by atoms with Gasteiger partial charge in [-0.05, 0) is 17.3 Å². The summed E-state index contributed by atoms with van der Waals surface area (Å²) in [6.07, 6.45) is 2.77. The first kappa shape index (κ1) is 9.76. The Morgan fingerprint density at radius 3 is 2.50 bits per heavy atom.